The van der Waals surface area contributed by atoms with E-state index < -0.39 is 11.4 Å². The van der Waals surface area contributed by atoms with Crippen molar-refractivity contribution in [3.05, 3.63) is 0 Å². The molecule has 0 aromatic carbocycles. The van der Waals surface area contributed by atoms with Gasteiger partial charge in [-0.15, -0.1) is 0 Å². The molecule has 1 aliphatic heterocycles. The molecule has 2 N–H and O–H groups in total. The quantitative estimate of drug-likeness (QED) is 0.772. The van der Waals surface area contributed by atoms with Crippen molar-refractivity contribution in [2.75, 3.05) is 13.1 Å². The predicted octanol–water partition coefficient (Wildman–Crippen LogP) is 2.26. The highest BCUT2D eigenvalue weighted by atomic mass is 16.4. The van der Waals surface area contributed by atoms with Crippen LogP contribution in [-0.4, -0.2) is 46.3 Å². The summed E-state index contributed by atoms with van der Waals surface area (Å²) in [5.74, 6) is -0.664. The average molecular weight is 269 g/mol. The molecule has 1 aliphatic carbocycles. The van der Waals surface area contributed by atoms with Crippen LogP contribution in [0.25, 0.3) is 0 Å². The fourth-order valence-corrected chi connectivity index (χ4v) is 3.76. The first-order valence-corrected chi connectivity index (χ1v) is 7.74. The summed E-state index contributed by atoms with van der Waals surface area (Å²) in [5, 5.41) is 19.8. The van der Waals surface area contributed by atoms with Crippen molar-refractivity contribution in [1.29, 1.82) is 0 Å². The molecule has 4 heteroatoms. The van der Waals surface area contributed by atoms with Crippen LogP contribution < -0.4 is 0 Å². The average Bonchev–Trinajstić information content (AvgIpc) is 2.63. The van der Waals surface area contributed by atoms with E-state index in [4.69, 9.17) is 0 Å². The fraction of sp³-hybridized carbons (Fsp3) is 0.933. The highest BCUT2D eigenvalue weighted by molar-refractivity contribution is 5.75. The topological polar surface area (TPSA) is 60.8 Å². The van der Waals surface area contributed by atoms with E-state index >= 15 is 0 Å². The second kappa shape index (κ2) is 6.23. The Morgan fingerprint density at radius 3 is 2.68 bits per heavy atom. The number of aliphatic hydroxyl groups is 1. The number of carbonyl (C=O) groups is 1. The number of hydrogen-bond donors (Lipinski definition) is 2. The Kier molecular flexibility index (Phi) is 4.85. The lowest BCUT2D eigenvalue weighted by Gasteiger charge is -2.44. The molecule has 2 rings (SSSR count). The third kappa shape index (κ3) is 3.11. The number of aliphatic hydroxyl groups excluding tert-OH is 1. The molecule has 1 saturated heterocycles. The van der Waals surface area contributed by atoms with E-state index in [-0.39, 0.29) is 12.1 Å². The van der Waals surface area contributed by atoms with Crippen LogP contribution in [0, 0.1) is 5.41 Å². The minimum Gasteiger partial charge on any atom is -0.481 e. The van der Waals surface area contributed by atoms with Crippen molar-refractivity contribution in [3.8, 4) is 0 Å². The molecule has 1 heterocycles. The van der Waals surface area contributed by atoms with Crippen LogP contribution in [0.4, 0.5) is 0 Å². The number of hydrogen-bond acceptors (Lipinski definition) is 3. The van der Waals surface area contributed by atoms with Crippen LogP contribution in [0.2, 0.25) is 0 Å². The summed E-state index contributed by atoms with van der Waals surface area (Å²) < 4.78 is 0. The van der Waals surface area contributed by atoms with Crippen LogP contribution >= 0.6 is 0 Å². The number of likely N-dealkylation sites (tertiary alicyclic amines) is 1. The zero-order valence-electron chi connectivity index (χ0n) is 12.0. The maximum atomic E-state index is 11.6. The second-order valence-corrected chi connectivity index (χ2v) is 6.29. The second-order valence-electron chi connectivity index (χ2n) is 6.29. The predicted molar refractivity (Wildman–Crippen MR) is 74.0 cm³/mol. The van der Waals surface area contributed by atoms with E-state index in [9.17, 15) is 15.0 Å². The Labute approximate surface area is 115 Å². The van der Waals surface area contributed by atoms with Gasteiger partial charge in [0.15, 0.2) is 0 Å². The van der Waals surface area contributed by atoms with E-state index in [1.165, 1.54) is 6.42 Å². The lowest BCUT2D eigenvalue weighted by Crippen LogP contribution is -2.54. The Hall–Kier alpha value is -0.610. The van der Waals surface area contributed by atoms with Gasteiger partial charge in [0.25, 0.3) is 0 Å². The number of nitrogens with zero attached hydrogens (tertiary/aromatic N) is 1. The zero-order chi connectivity index (χ0) is 13.9. The van der Waals surface area contributed by atoms with Crippen LogP contribution in [0.15, 0.2) is 0 Å². The monoisotopic (exact) mass is 269 g/mol. The number of piperidine rings is 1. The molecule has 4 nitrogen and oxygen atoms in total. The van der Waals surface area contributed by atoms with E-state index in [0.29, 0.717) is 13.0 Å². The Bertz CT molecular complexity index is 321. The molecule has 0 aromatic heterocycles. The molecular formula is C15H27NO3. The molecule has 0 spiro atoms. The lowest BCUT2D eigenvalue weighted by molar-refractivity contribution is -0.154. The number of rotatable bonds is 3. The van der Waals surface area contributed by atoms with Gasteiger partial charge in [0.1, 0.15) is 0 Å². The summed E-state index contributed by atoms with van der Waals surface area (Å²) in [5.41, 5.74) is -0.593. The van der Waals surface area contributed by atoms with Gasteiger partial charge in [0.2, 0.25) is 0 Å². The summed E-state index contributed by atoms with van der Waals surface area (Å²) in [4.78, 5) is 13.9. The van der Waals surface area contributed by atoms with Gasteiger partial charge < -0.3 is 10.2 Å². The molecule has 3 atom stereocenters. The molecule has 3 unspecified atom stereocenters. The van der Waals surface area contributed by atoms with E-state index in [1.54, 1.807) is 0 Å². The zero-order valence-corrected chi connectivity index (χ0v) is 12.0. The standard InChI is InChI=1S/C15H27NO3/c1-2-15(14(18)19)9-6-10-16(11-15)12-7-4-3-5-8-13(12)17/h12-13,17H,2-11H2,1H3,(H,18,19). The molecular weight excluding hydrogens is 242 g/mol. The van der Waals surface area contributed by atoms with E-state index in [1.807, 2.05) is 6.92 Å². The van der Waals surface area contributed by atoms with Crippen LogP contribution in [0.5, 0.6) is 0 Å². The maximum Gasteiger partial charge on any atom is 0.310 e. The van der Waals surface area contributed by atoms with Gasteiger partial charge in [0.05, 0.1) is 11.5 Å². The molecule has 0 aromatic rings. The van der Waals surface area contributed by atoms with Crippen molar-refractivity contribution in [1.82, 2.24) is 4.90 Å². The van der Waals surface area contributed by atoms with Crippen molar-refractivity contribution >= 4 is 5.97 Å². The van der Waals surface area contributed by atoms with E-state index in [0.717, 1.165) is 45.1 Å². The van der Waals surface area contributed by atoms with Crippen LogP contribution in [-0.2, 0) is 4.79 Å². The van der Waals surface area contributed by atoms with Crippen molar-refractivity contribution in [3.63, 3.8) is 0 Å². The Morgan fingerprint density at radius 2 is 2.00 bits per heavy atom. The number of carboxylic acid groups (broad SMARTS) is 1. The van der Waals surface area contributed by atoms with Crippen LogP contribution in [0.3, 0.4) is 0 Å². The molecule has 19 heavy (non-hydrogen) atoms. The highest BCUT2D eigenvalue weighted by Gasteiger charge is 2.43. The maximum absolute atomic E-state index is 11.6. The molecule has 2 fully saturated rings. The van der Waals surface area contributed by atoms with Gasteiger partial charge in [-0.1, -0.05) is 26.2 Å². The summed E-state index contributed by atoms with van der Waals surface area (Å²) >= 11 is 0. The van der Waals surface area contributed by atoms with E-state index in [2.05, 4.69) is 4.90 Å². The van der Waals surface area contributed by atoms with Crippen molar-refractivity contribution < 1.29 is 15.0 Å². The van der Waals surface area contributed by atoms with Gasteiger partial charge in [-0.05, 0) is 38.6 Å². The highest BCUT2D eigenvalue weighted by Crippen LogP contribution is 2.36. The van der Waals surface area contributed by atoms with Gasteiger partial charge in [-0.25, -0.2) is 0 Å². The van der Waals surface area contributed by atoms with Crippen molar-refractivity contribution in [2.45, 2.75) is 70.4 Å². The first kappa shape index (κ1) is 14.8. The molecule has 0 amide bonds. The normalized spacial score (nSPS) is 37.8. The first-order chi connectivity index (χ1) is 9.09. The Morgan fingerprint density at radius 1 is 1.26 bits per heavy atom. The number of aliphatic carboxylic acids is 1. The smallest absolute Gasteiger partial charge is 0.310 e. The summed E-state index contributed by atoms with van der Waals surface area (Å²) in [6.07, 6.45) is 7.45. The van der Waals surface area contributed by atoms with Crippen LogP contribution in [0.1, 0.15) is 58.3 Å². The van der Waals surface area contributed by atoms with Gasteiger partial charge >= 0.3 is 5.97 Å². The minimum absolute atomic E-state index is 0.174. The minimum atomic E-state index is -0.664. The molecule has 110 valence electrons. The van der Waals surface area contributed by atoms with Gasteiger partial charge in [0, 0.05) is 12.6 Å². The summed E-state index contributed by atoms with van der Waals surface area (Å²) in [6, 6.07) is 0.174. The summed E-state index contributed by atoms with van der Waals surface area (Å²) in [6.45, 7) is 3.53. The summed E-state index contributed by atoms with van der Waals surface area (Å²) in [7, 11) is 0. The largest absolute Gasteiger partial charge is 0.481 e. The Balaban J connectivity index is 2.09. The molecule has 0 radical (unpaired) electrons. The molecule has 0 bridgehead atoms. The SMILES string of the molecule is CCC1(C(=O)O)CCCN(C2CCCCCC2O)C1. The van der Waals surface area contributed by atoms with Gasteiger partial charge in [-0.2, -0.15) is 0 Å². The molecule has 2 aliphatic rings. The fourth-order valence-electron chi connectivity index (χ4n) is 3.76. The molecule has 1 saturated carbocycles. The van der Waals surface area contributed by atoms with Crippen molar-refractivity contribution in [2.24, 2.45) is 5.41 Å². The third-order valence-corrected chi connectivity index (χ3v) is 5.15. The number of carboxylic acids is 1. The third-order valence-electron chi connectivity index (χ3n) is 5.15. The van der Waals surface area contributed by atoms with Gasteiger partial charge in [-0.3, -0.25) is 9.69 Å². The first-order valence-electron chi connectivity index (χ1n) is 7.74. The lowest BCUT2D eigenvalue weighted by atomic mass is 9.77.